The number of aliphatic hydroxyl groups is 1. The fourth-order valence-electron chi connectivity index (χ4n) is 4.81. The highest BCUT2D eigenvalue weighted by atomic mass is 16.3. The van der Waals surface area contributed by atoms with Crippen molar-refractivity contribution in [2.75, 3.05) is 5.32 Å². The number of carbonyl (C=O) groups excluding carboxylic acids is 1. The minimum absolute atomic E-state index is 0.00430. The molecule has 2 N–H and O–H groups in total. The Morgan fingerprint density at radius 2 is 2.11 bits per heavy atom. The van der Waals surface area contributed by atoms with Crippen molar-refractivity contribution in [3.63, 3.8) is 0 Å². The van der Waals surface area contributed by atoms with Gasteiger partial charge in [-0.3, -0.25) is 4.79 Å². The van der Waals surface area contributed by atoms with Crippen LogP contribution in [0, 0.1) is 28.6 Å². The lowest BCUT2D eigenvalue weighted by atomic mass is 9.92. The fourth-order valence-corrected chi connectivity index (χ4v) is 4.81. The molecule has 1 amide bonds. The lowest BCUT2D eigenvalue weighted by molar-refractivity contribution is -0.118. The maximum Gasteiger partial charge on any atom is 0.229 e. The summed E-state index contributed by atoms with van der Waals surface area (Å²) in [7, 11) is 0. The molecule has 5 nitrogen and oxygen atoms in total. The van der Waals surface area contributed by atoms with Gasteiger partial charge in [-0.2, -0.15) is 5.26 Å². The van der Waals surface area contributed by atoms with Crippen LogP contribution in [0.25, 0.3) is 10.8 Å². The van der Waals surface area contributed by atoms with Crippen molar-refractivity contribution < 1.29 is 9.90 Å². The van der Waals surface area contributed by atoms with E-state index >= 15 is 0 Å². The zero-order valence-electron chi connectivity index (χ0n) is 15.6. The Balaban J connectivity index is 1.39. The number of aromatic nitrogens is 1. The van der Waals surface area contributed by atoms with E-state index in [1.54, 1.807) is 20.0 Å². The summed E-state index contributed by atoms with van der Waals surface area (Å²) in [4.78, 5) is 16.8. The molecular formula is C22H23N3O2. The fraction of sp³-hybridized carbons (Fsp3) is 0.500. The molecule has 0 unspecified atom stereocenters. The quantitative estimate of drug-likeness (QED) is 0.872. The van der Waals surface area contributed by atoms with Crippen LogP contribution in [-0.4, -0.2) is 21.6 Å². The predicted molar refractivity (Wildman–Crippen MR) is 102 cm³/mol. The monoisotopic (exact) mass is 361 g/mol. The van der Waals surface area contributed by atoms with E-state index in [4.69, 9.17) is 0 Å². The Bertz CT molecular complexity index is 1010. The van der Waals surface area contributed by atoms with Crippen LogP contribution < -0.4 is 5.32 Å². The van der Waals surface area contributed by atoms with E-state index in [1.165, 1.54) is 0 Å². The van der Waals surface area contributed by atoms with Crippen LogP contribution in [0.4, 0.5) is 5.82 Å². The molecular weight excluding hydrogens is 338 g/mol. The number of benzene rings is 1. The SMILES string of the molecule is CC(C)(O)[C@@H]1C[C@H]1C(=O)Nc1cc2cc([C@]3(C#N)CC34CC4)ccc2cn1. The normalized spacial score (nSPS) is 30.0. The highest BCUT2D eigenvalue weighted by Gasteiger charge is 2.75. The molecule has 138 valence electrons. The third-order valence-corrected chi connectivity index (χ3v) is 6.93. The van der Waals surface area contributed by atoms with E-state index in [9.17, 15) is 15.2 Å². The summed E-state index contributed by atoms with van der Waals surface area (Å²) in [5.41, 5.74) is 0.171. The predicted octanol–water partition coefficient (Wildman–Crippen LogP) is 3.53. The minimum atomic E-state index is -0.831. The Hall–Kier alpha value is -2.45. The number of nitrogens with zero attached hydrogens (tertiary/aromatic N) is 2. The van der Waals surface area contributed by atoms with Gasteiger partial charge in [0, 0.05) is 17.5 Å². The second-order valence-corrected chi connectivity index (χ2v) is 9.20. The summed E-state index contributed by atoms with van der Waals surface area (Å²) < 4.78 is 0. The minimum Gasteiger partial charge on any atom is -0.390 e. The van der Waals surface area contributed by atoms with E-state index < -0.39 is 5.60 Å². The van der Waals surface area contributed by atoms with E-state index in [0.717, 1.165) is 35.6 Å². The van der Waals surface area contributed by atoms with Gasteiger partial charge < -0.3 is 10.4 Å². The molecule has 1 heterocycles. The van der Waals surface area contributed by atoms with Crippen LogP contribution in [0.15, 0.2) is 30.5 Å². The Kier molecular flexibility index (Phi) is 3.14. The molecule has 1 aromatic carbocycles. The second kappa shape index (κ2) is 5.08. The molecule has 3 aliphatic carbocycles. The zero-order chi connectivity index (χ0) is 19.0. The number of pyridine rings is 1. The van der Waals surface area contributed by atoms with Gasteiger partial charge in [0.05, 0.1) is 17.1 Å². The van der Waals surface area contributed by atoms with Gasteiger partial charge in [-0.15, -0.1) is 0 Å². The molecule has 0 aliphatic heterocycles. The first kappa shape index (κ1) is 16.7. The van der Waals surface area contributed by atoms with Crippen molar-refractivity contribution in [2.45, 2.75) is 50.5 Å². The van der Waals surface area contributed by atoms with Crippen molar-refractivity contribution in [1.29, 1.82) is 5.26 Å². The topological polar surface area (TPSA) is 86.0 Å². The van der Waals surface area contributed by atoms with Gasteiger partial charge in [-0.05, 0) is 73.9 Å². The Morgan fingerprint density at radius 3 is 2.70 bits per heavy atom. The van der Waals surface area contributed by atoms with Gasteiger partial charge in [0.15, 0.2) is 0 Å². The molecule has 3 fully saturated rings. The van der Waals surface area contributed by atoms with Gasteiger partial charge in [-0.25, -0.2) is 4.98 Å². The molecule has 1 spiro atoms. The average Bonchev–Trinajstić information content (AvgIpc) is 3.51. The summed E-state index contributed by atoms with van der Waals surface area (Å²) in [6, 6.07) is 10.6. The smallest absolute Gasteiger partial charge is 0.229 e. The molecule has 3 atom stereocenters. The van der Waals surface area contributed by atoms with E-state index in [0.29, 0.717) is 12.2 Å². The largest absolute Gasteiger partial charge is 0.390 e. The number of nitrogens with one attached hydrogen (secondary N) is 1. The maximum absolute atomic E-state index is 12.4. The molecule has 1 aromatic heterocycles. The Morgan fingerprint density at radius 1 is 1.33 bits per heavy atom. The van der Waals surface area contributed by atoms with E-state index in [1.807, 2.05) is 12.1 Å². The number of carbonyl (C=O) groups is 1. The first-order valence-corrected chi connectivity index (χ1v) is 9.63. The first-order chi connectivity index (χ1) is 12.8. The Labute approximate surface area is 158 Å². The lowest BCUT2D eigenvalue weighted by Gasteiger charge is -2.16. The maximum atomic E-state index is 12.4. The second-order valence-electron chi connectivity index (χ2n) is 9.20. The number of fused-ring (bicyclic) bond motifs is 1. The zero-order valence-corrected chi connectivity index (χ0v) is 15.6. The third-order valence-electron chi connectivity index (χ3n) is 6.93. The number of hydrogen-bond acceptors (Lipinski definition) is 4. The number of rotatable bonds is 4. The van der Waals surface area contributed by atoms with Crippen LogP contribution in [-0.2, 0) is 10.2 Å². The van der Waals surface area contributed by atoms with Gasteiger partial charge >= 0.3 is 0 Å². The molecule has 3 saturated carbocycles. The molecule has 2 aromatic rings. The summed E-state index contributed by atoms with van der Waals surface area (Å²) in [5, 5.41) is 24.7. The van der Waals surface area contributed by atoms with Gasteiger partial charge in [0.25, 0.3) is 0 Å². The lowest BCUT2D eigenvalue weighted by Crippen LogP contribution is -2.26. The van der Waals surface area contributed by atoms with Crippen molar-refractivity contribution in [2.24, 2.45) is 17.3 Å². The van der Waals surface area contributed by atoms with Crippen LogP contribution in [0.1, 0.15) is 45.1 Å². The molecule has 5 rings (SSSR count). The average molecular weight is 361 g/mol. The summed E-state index contributed by atoms with van der Waals surface area (Å²) in [5.74, 6) is 0.285. The van der Waals surface area contributed by atoms with Crippen molar-refractivity contribution in [1.82, 2.24) is 4.98 Å². The van der Waals surface area contributed by atoms with Gasteiger partial charge in [0.1, 0.15) is 5.82 Å². The van der Waals surface area contributed by atoms with Crippen molar-refractivity contribution in [3.8, 4) is 6.07 Å². The molecule has 27 heavy (non-hydrogen) atoms. The highest BCUT2D eigenvalue weighted by molar-refractivity contribution is 5.96. The van der Waals surface area contributed by atoms with Crippen molar-refractivity contribution >= 4 is 22.5 Å². The number of hydrogen-bond donors (Lipinski definition) is 2. The number of amides is 1. The van der Waals surface area contributed by atoms with Crippen LogP contribution in [0.5, 0.6) is 0 Å². The molecule has 3 aliphatic rings. The number of anilines is 1. The third kappa shape index (κ3) is 2.47. The standard InChI is InChI=1S/C22H23N3O2/c1-20(2,27)17-9-16(17)19(26)25-18-8-14-7-15(4-3-13(14)10-24-18)22(12-23)11-21(22)5-6-21/h3-4,7-8,10,16-17,27H,5-6,9,11H2,1-2H3,(H,24,25,26)/t16-,17-,22-/m1/s1. The van der Waals surface area contributed by atoms with Gasteiger partial charge in [-0.1, -0.05) is 12.1 Å². The van der Waals surface area contributed by atoms with Gasteiger partial charge in [0.2, 0.25) is 5.91 Å². The van der Waals surface area contributed by atoms with E-state index in [2.05, 4.69) is 28.5 Å². The molecule has 0 radical (unpaired) electrons. The van der Waals surface area contributed by atoms with Crippen LogP contribution in [0.3, 0.4) is 0 Å². The van der Waals surface area contributed by atoms with E-state index in [-0.39, 0.29) is 28.6 Å². The molecule has 5 heteroatoms. The summed E-state index contributed by atoms with van der Waals surface area (Å²) in [6.07, 6.45) is 5.74. The highest BCUT2D eigenvalue weighted by Crippen LogP contribution is 2.78. The summed E-state index contributed by atoms with van der Waals surface area (Å²) >= 11 is 0. The van der Waals surface area contributed by atoms with Crippen molar-refractivity contribution in [3.05, 3.63) is 36.0 Å². The summed E-state index contributed by atoms with van der Waals surface area (Å²) in [6.45, 7) is 3.49. The molecule has 0 bridgehead atoms. The number of nitriles is 1. The van der Waals surface area contributed by atoms with Crippen LogP contribution in [0.2, 0.25) is 0 Å². The molecule has 0 saturated heterocycles. The first-order valence-electron chi connectivity index (χ1n) is 9.63. The van der Waals surface area contributed by atoms with Crippen LogP contribution >= 0.6 is 0 Å².